The Hall–Kier alpha value is -1.13. The first-order valence-corrected chi connectivity index (χ1v) is 6.34. The minimum absolute atomic E-state index is 0.247. The van der Waals surface area contributed by atoms with Crippen LogP contribution in [0.15, 0.2) is 24.3 Å². The Morgan fingerprint density at radius 3 is 3.00 bits per heavy atom. The van der Waals surface area contributed by atoms with E-state index in [2.05, 4.69) is 17.9 Å². The number of anilines is 1. The van der Waals surface area contributed by atoms with Gasteiger partial charge in [-0.05, 0) is 25.5 Å². The maximum atomic E-state index is 5.77. The third-order valence-corrected chi connectivity index (χ3v) is 3.18. The second-order valence-corrected chi connectivity index (χ2v) is 4.80. The first-order chi connectivity index (χ1) is 8.18. The molecule has 0 saturated carbocycles. The van der Waals surface area contributed by atoms with Gasteiger partial charge in [-0.15, -0.1) is 0 Å². The number of ether oxygens (including phenoxy) is 1. The monoisotopic (exact) mass is 250 g/mol. The molecule has 2 N–H and O–H groups in total. The number of para-hydroxylation sites is 1. The standard InChI is InChI=1S/C13H18N2OS/c1-10-9-15(7-4-8-16-10)12-6-3-2-5-11(12)13(14)17/h2-3,5-6,10H,4,7-9H2,1H3,(H2,14,17). The summed E-state index contributed by atoms with van der Waals surface area (Å²) < 4.78 is 5.65. The molecule has 1 fully saturated rings. The molecular weight excluding hydrogens is 232 g/mol. The smallest absolute Gasteiger partial charge is 0.106 e. The van der Waals surface area contributed by atoms with Gasteiger partial charge in [0, 0.05) is 30.9 Å². The minimum atomic E-state index is 0.247. The van der Waals surface area contributed by atoms with E-state index in [1.165, 1.54) is 0 Å². The van der Waals surface area contributed by atoms with Gasteiger partial charge in [0.2, 0.25) is 0 Å². The van der Waals surface area contributed by atoms with Gasteiger partial charge in [-0.1, -0.05) is 24.4 Å². The van der Waals surface area contributed by atoms with Crippen molar-refractivity contribution in [2.75, 3.05) is 24.6 Å². The molecule has 0 aromatic heterocycles. The van der Waals surface area contributed by atoms with Crippen molar-refractivity contribution >= 4 is 22.9 Å². The van der Waals surface area contributed by atoms with E-state index in [1.54, 1.807) is 0 Å². The van der Waals surface area contributed by atoms with Crippen molar-refractivity contribution in [1.82, 2.24) is 0 Å². The molecule has 1 aliphatic rings. The van der Waals surface area contributed by atoms with Crippen molar-refractivity contribution < 1.29 is 4.74 Å². The van der Waals surface area contributed by atoms with Crippen LogP contribution in [-0.2, 0) is 4.74 Å². The van der Waals surface area contributed by atoms with Gasteiger partial charge in [0.15, 0.2) is 0 Å². The highest BCUT2D eigenvalue weighted by atomic mass is 32.1. The molecule has 0 amide bonds. The van der Waals surface area contributed by atoms with Gasteiger partial charge in [-0.3, -0.25) is 0 Å². The van der Waals surface area contributed by atoms with Crippen LogP contribution in [0.25, 0.3) is 0 Å². The third kappa shape index (κ3) is 2.96. The normalized spacial score (nSPS) is 21.0. The van der Waals surface area contributed by atoms with Gasteiger partial charge in [-0.25, -0.2) is 0 Å². The lowest BCUT2D eigenvalue weighted by Gasteiger charge is -2.26. The minimum Gasteiger partial charge on any atom is -0.389 e. The first kappa shape index (κ1) is 12.3. The number of hydrogen-bond donors (Lipinski definition) is 1. The van der Waals surface area contributed by atoms with Crippen molar-refractivity contribution in [3.8, 4) is 0 Å². The van der Waals surface area contributed by atoms with Crippen LogP contribution in [0.4, 0.5) is 5.69 Å². The molecular formula is C13H18N2OS. The summed E-state index contributed by atoms with van der Waals surface area (Å²) in [6, 6.07) is 8.05. The molecule has 3 nitrogen and oxygen atoms in total. The number of benzene rings is 1. The highest BCUT2D eigenvalue weighted by Crippen LogP contribution is 2.22. The summed E-state index contributed by atoms with van der Waals surface area (Å²) in [5, 5.41) is 0. The largest absolute Gasteiger partial charge is 0.389 e. The fourth-order valence-electron chi connectivity index (χ4n) is 2.17. The van der Waals surface area contributed by atoms with E-state index in [1.807, 2.05) is 18.2 Å². The number of rotatable bonds is 2. The fraction of sp³-hybridized carbons (Fsp3) is 0.462. The molecule has 4 heteroatoms. The van der Waals surface area contributed by atoms with Crippen LogP contribution < -0.4 is 10.6 Å². The Bertz CT molecular complexity index is 408. The van der Waals surface area contributed by atoms with E-state index in [9.17, 15) is 0 Å². The molecule has 1 unspecified atom stereocenters. The van der Waals surface area contributed by atoms with Gasteiger partial charge in [0.25, 0.3) is 0 Å². The molecule has 1 heterocycles. The van der Waals surface area contributed by atoms with Gasteiger partial charge in [0.05, 0.1) is 6.10 Å². The Kier molecular flexibility index (Phi) is 3.97. The van der Waals surface area contributed by atoms with E-state index in [4.69, 9.17) is 22.7 Å². The quantitative estimate of drug-likeness (QED) is 0.814. The van der Waals surface area contributed by atoms with Gasteiger partial charge in [-0.2, -0.15) is 0 Å². The van der Waals surface area contributed by atoms with Crippen LogP contribution >= 0.6 is 12.2 Å². The molecule has 0 spiro atoms. The Balaban J connectivity index is 2.28. The summed E-state index contributed by atoms with van der Waals surface area (Å²) in [6.45, 7) is 4.80. The Labute approximate surface area is 108 Å². The lowest BCUT2D eigenvalue weighted by molar-refractivity contribution is 0.0821. The number of nitrogens with zero attached hydrogens (tertiary/aromatic N) is 1. The summed E-state index contributed by atoms with van der Waals surface area (Å²) in [5.41, 5.74) is 7.85. The molecule has 1 saturated heterocycles. The molecule has 17 heavy (non-hydrogen) atoms. The third-order valence-electron chi connectivity index (χ3n) is 2.96. The van der Waals surface area contributed by atoms with Gasteiger partial charge < -0.3 is 15.4 Å². The highest BCUT2D eigenvalue weighted by molar-refractivity contribution is 7.80. The maximum absolute atomic E-state index is 5.77. The molecule has 1 aromatic carbocycles. The van der Waals surface area contributed by atoms with Crippen LogP contribution in [0.3, 0.4) is 0 Å². The average molecular weight is 250 g/mol. The molecule has 92 valence electrons. The van der Waals surface area contributed by atoms with E-state index >= 15 is 0 Å². The Morgan fingerprint density at radius 1 is 1.47 bits per heavy atom. The predicted octanol–water partition coefficient (Wildman–Crippen LogP) is 1.94. The maximum Gasteiger partial charge on any atom is 0.106 e. The summed E-state index contributed by atoms with van der Waals surface area (Å²) in [6.07, 6.45) is 1.28. The van der Waals surface area contributed by atoms with Gasteiger partial charge in [0.1, 0.15) is 4.99 Å². The predicted molar refractivity (Wildman–Crippen MR) is 74.6 cm³/mol. The van der Waals surface area contributed by atoms with E-state index in [0.717, 1.165) is 37.4 Å². The zero-order chi connectivity index (χ0) is 12.3. The molecule has 2 rings (SSSR count). The van der Waals surface area contributed by atoms with Crippen molar-refractivity contribution in [1.29, 1.82) is 0 Å². The van der Waals surface area contributed by atoms with E-state index < -0.39 is 0 Å². The van der Waals surface area contributed by atoms with Crippen molar-refractivity contribution in [3.05, 3.63) is 29.8 Å². The van der Waals surface area contributed by atoms with Crippen LogP contribution in [0.1, 0.15) is 18.9 Å². The summed E-state index contributed by atoms with van der Waals surface area (Å²) in [5.74, 6) is 0. The molecule has 1 aromatic rings. The zero-order valence-corrected chi connectivity index (χ0v) is 10.9. The van der Waals surface area contributed by atoms with Crippen LogP contribution in [0.2, 0.25) is 0 Å². The number of nitrogens with two attached hydrogens (primary N) is 1. The lowest BCUT2D eigenvalue weighted by Crippen LogP contribution is -2.31. The summed E-state index contributed by atoms with van der Waals surface area (Å²) in [4.78, 5) is 2.77. The van der Waals surface area contributed by atoms with Gasteiger partial charge >= 0.3 is 0 Å². The summed E-state index contributed by atoms with van der Waals surface area (Å²) >= 11 is 5.10. The molecule has 0 aliphatic carbocycles. The summed E-state index contributed by atoms with van der Waals surface area (Å²) in [7, 11) is 0. The van der Waals surface area contributed by atoms with Crippen LogP contribution in [0.5, 0.6) is 0 Å². The fourth-order valence-corrected chi connectivity index (χ4v) is 2.34. The Morgan fingerprint density at radius 2 is 2.24 bits per heavy atom. The van der Waals surface area contributed by atoms with E-state index in [0.29, 0.717) is 4.99 Å². The van der Waals surface area contributed by atoms with E-state index in [-0.39, 0.29) is 6.10 Å². The molecule has 0 bridgehead atoms. The molecule has 0 radical (unpaired) electrons. The van der Waals surface area contributed by atoms with Crippen molar-refractivity contribution in [2.24, 2.45) is 5.73 Å². The second kappa shape index (κ2) is 5.47. The second-order valence-electron chi connectivity index (χ2n) is 4.36. The van der Waals surface area contributed by atoms with Crippen molar-refractivity contribution in [3.63, 3.8) is 0 Å². The average Bonchev–Trinajstić information content (AvgIpc) is 2.54. The first-order valence-electron chi connectivity index (χ1n) is 5.94. The SMILES string of the molecule is CC1CN(c2ccccc2C(N)=S)CCCO1. The highest BCUT2D eigenvalue weighted by Gasteiger charge is 2.18. The zero-order valence-electron chi connectivity index (χ0n) is 10.1. The number of hydrogen-bond acceptors (Lipinski definition) is 3. The molecule has 1 aliphatic heterocycles. The lowest BCUT2D eigenvalue weighted by atomic mass is 10.1. The number of thiocarbonyl (C=S) groups is 1. The molecule has 1 atom stereocenters. The van der Waals surface area contributed by atoms with Crippen molar-refractivity contribution in [2.45, 2.75) is 19.4 Å². The van der Waals surface area contributed by atoms with Crippen LogP contribution in [-0.4, -0.2) is 30.8 Å². The van der Waals surface area contributed by atoms with Crippen LogP contribution in [0, 0.1) is 0 Å². The topological polar surface area (TPSA) is 38.5 Å².